The molecule has 2 heterocycles. The first-order valence-electron chi connectivity index (χ1n) is 12.1. The molecule has 0 aromatic heterocycles. The molecule has 11 heteroatoms. The van der Waals surface area contributed by atoms with Gasteiger partial charge in [0.05, 0.1) is 18.8 Å². The lowest BCUT2D eigenvalue weighted by atomic mass is 9.92. The van der Waals surface area contributed by atoms with E-state index in [1.165, 1.54) is 28.9 Å². The van der Waals surface area contributed by atoms with E-state index in [2.05, 4.69) is 5.32 Å². The first kappa shape index (κ1) is 26.2. The second-order valence-corrected chi connectivity index (χ2v) is 9.21. The number of hydrogen-bond donors (Lipinski definition) is 2. The normalized spacial score (nSPS) is 18.8. The predicted octanol–water partition coefficient (Wildman–Crippen LogP) is 2.83. The van der Waals surface area contributed by atoms with Crippen molar-refractivity contribution in [2.24, 2.45) is 0 Å². The van der Waals surface area contributed by atoms with Crippen molar-refractivity contribution in [2.45, 2.75) is 38.1 Å². The highest BCUT2D eigenvalue weighted by atomic mass is 19.1. The van der Waals surface area contributed by atoms with Gasteiger partial charge in [0.15, 0.2) is 11.6 Å². The number of piperidine rings is 1. The molecule has 2 saturated heterocycles. The molecular weight excluding hydrogens is 485 g/mol. The van der Waals surface area contributed by atoms with Gasteiger partial charge in [0, 0.05) is 26.1 Å². The van der Waals surface area contributed by atoms with Gasteiger partial charge in [-0.1, -0.05) is 30.3 Å². The Labute approximate surface area is 213 Å². The van der Waals surface area contributed by atoms with Gasteiger partial charge < -0.3 is 29.5 Å². The predicted molar refractivity (Wildman–Crippen MR) is 131 cm³/mol. The number of nitrogens with one attached hydrogen (secondary N) is 1. The summed E-state index contributed by atoms with van der Waals surface area (Å²) in [4.78, 5) is 38.4. The third-order valence-electron chi connectivity index (χ3n) is 6.33. The van der Waals surface area contributed by atoms with Crippen molar-refractivity contribution in [1.29, 1.82) is 0 Å². The van der Waals surface area contributed by atoms with Gasteiger partial charge in [-0.3, -0.25) is 9.69 Å². The van der Waals surface area contributed by atoms with Crippen molar-refractivity contribution < 1.29 is 38.1 Å². The summed E-state index contributed by atoms with van der Waals surface area (Å²) in [5, 5.41) is 13.5. The molecule has 0 aliphatic carbocycles. The molecule has 10 nitrogen and oxygen atoms in total. The third-order valence-corrected chi connectivity index (χ3v) is 6.33. The molecule has 37 heavy (non-hydrogen) atoms. The highest BCUT2D eigenvalue weighted by Gasteiger charge is 2.36. The molecule has 2 aromatic carbocycles. The Morgan fingerprint density at radius 3 is 2.59 bits per heavy atom. The van der Waals surface area contributed by atoms with Gasteiger partial charge in [-0.05, 0) is 30.5 Å². The number of hydrogen-bond acceptors (Lipinski definition) is 7. The lowest BCUT2D eigenvalue weighted by Crippen LogP contribution is -2.49. The molecule has 2 N–H and O–H groups in total. The molecule has 3 amide bonds. The number of cyclic esters (lactones) is 1. The van der Waals surface area contributed by atoms with E-state index in [4.69, 9.17) is 14.2 Å². The zero-order valence-electron chi connectivity index (χ0n) is 20.5. The maximum absolute atomic E-state index is 14.7. The fourth-order valence-electron chi connectivity index (χ4n) is 4.14. The zero-order valence-corrected chi connectivity index (χ0v) is 20.5. The van der Waals surface area contributed by atoms with Crippen molar-refractivity contribution in [3.8, 4) is 5.75 Å². The van der Waals surface area contributed by atoms with Crippen LogP contribution in [0, 0.1) is 5.82 Å². The molecule has 0 bridgehead atoms. The molecular formula is C26H30FN3O7. The molecule has 0 spiro atoms. The number of likely N-dealkylation sites (tertiary alicyclic amines) is 1. The molecule has 1 atom stereocenters. The Kier molecular flexibility index (Phi) is 8.12. The van der Waals surface area contributed by atoms with Crippen molar-refractivity contribution in [2.75, 3.05) is 37.7 Å². The number of benzene rings is 2. The number of ether oxygens (including phenoxy) is 3. The number of anilines is 1. The van der Waals surface area contributed by atoms with Crippen LogP contribution in [-0.2, 0) is 20.9 Å². The Morgan fingerprint density at radius 1 is 1.19 bits per heavy atom. The van der Waals surface area contributed by atoms with E-state index in [0.717, 1.165) is 11.6 Å². The first-order chi connectivity index (χ1) is 17.7. The summed E-state index contributed by atoms with van der Waals surface area (Å²) in [5.41, 5.74) is -0.0461. The fraction of sp³-hybridized carbons (Fsp3) is 0.423. The number of halogens is 1. The Morgan fingerprint density at radius 2 is 1.92 bits per heavy atom. The van der Waals surface area contributed by atoms with Crippen LogP contribution in [-0.4, -0.2) is 72.6 Å². The molecule has 0 saturated carbocycles. The van der Waals surface area contributed by atoms with Crippen LogP contribution in [0.4, 0.5) is 19.7 Å². The highest BCUT2D eigenvalue weighted by Crippen LogP contribution is 2.29. The second kappa shape index (κ2) is 11.5. The first-order valence-corrected chi connectivity index (χ1v) is 12.1. The van der Waals surface area contributed by atoms with E-state index in [1.54, 1.807) is 0 Å². The van der Waals surface area contributed by atoms with E-state index >= 15 is 0 Å². The molecule has 2 aliphatic rings. The summed E-state index contributed by atoms with van der Waals surface area (Å²) in [6, 6.07) is 13.4. The highest BCUT2D eigenvalue weighted by molar-refractivity contribution is 5.90. The lowest BCUT2D eigenvalue weighted by molar-refractivity contribution is -0.119. The summed E-state index contributed by atoms with van der Waals surface area (Å²) in [5.74, 6) is -0.997. The zero-order chi connectivity index (χ0) is 26.4. The van der Waals surface area contributed by atoms with Crippen LogP contribution < -0.4 is 15.0 Å². The average Bonchev–Trinajstić information content (AvgIpc) is 3.26. The van der Waals surface area contributed by atoms with Crippen LogP contribution in [0.15, 0.2) is 48.5 Å². The maximum atomic E-state index is 14.7. The lowest BCUT2D eigenvalue weighted by Gasteiger charge is -2.37. The quantitative estimate of drug-likeness (QED) is 0.555. The van der Waals surface area contributed by atoms with E-state index in [1.807, 2.05) is 30.3 Å². The number of nitrogens with zero attached hydrogens (tertiary/aromatic N) is 2. The van der Waals surface area contributed by atoms with Gasteiger partial charge in [-0.15, -0.1) is 0 Å². The number of carbonyl (C=O) groups excluding carboxylic acids is 3. The van der Waals surface area contributed by atoms with E-state index < -0.39 is 29.7 Å². The molecule has 2 aliphatic heterocycles. The maximum Gasteiger partial charge on any atom is 0.414 e. The topological polar surface area (TPSA) is 118 Å². The van der Waals surface area contributed by atoms with Gasteiger partial charge in [-0.25, -0.2) is 14.0 Å². The summed E-state index contributed by atoms with van der Waals surface area (Å²) >= 11 is 0. The Balaban J connectivity index is 1.25. The third kappa shape index (κ3) is 6.88. The minimum atomic E-state index is -1.23. The molecule has 198 valence electrons. The summed E-state index contributed by atoms with van der Waals surface area (Å²) < 4.78 is 30.9. The second-order valence-electron chi connectivity index (χ2n) is 9.21. The van der Waals surface area contributed by atoms with Gasteiger partial charge >= 0.3 is 12.2 Å². The van der Waals surface area contributed by atoms with Gasteiger partial charge in [0.25, 0.3) is 0 Å². The number of carbonyl (C=O) groups is 3. The van der Waals surface area contributed by atoms with E-state index in [0.29, 0.717) is 5.69 Å². The summed E-state index contributed by atoms with van der Waals surface area (Å²) in [6.07, 6.45) is -1.11. The van der Waals surface area contributed by atoms with Gasteiger partial charge in [0.1, 0.15) is 24.9 Å². The smallest absolute Gasteiger partial charge is 0.414 e. The minimum absolute atomic E-state index is 0.0655. The Hall–Kier alpha value is -3.86. The van der Waals surface area contributed by atoms with Gasteiger partial charge in [-0.2, -0.15) is 0 Å². The van der Waals surface area contributed by atoms with Crippen LogP contribution in [0.5, 0.6) is 5.75 Å². The molecule has 2 aromatic rings. The molecule has 4 rings (SSSR count). The largest absolute Gasteiger partial charge is 0.488 e. The van der Waals surface area contributed by atoms with Crippen LogP contribution in [0.1, 0.15) is 25.3 Å². The average molecular weight is 516 g/mol. The standard InChI is InChI=1S/C26H30FN3O7/c1-18(31)28-14-21-15-30(25(33)37-21)20-7-8-23(22(27)13-20)36-17-26(34)9-11-29(12-10-26)24(32)35-16-19-5-3-2-4-6-19/h2-8,13,21,34H,9-12,14-17H2,1H3,(H,28,31)/t21-/m0/s1. The molecule has 0 radical (unpaired) electrons. The van der Waals surface area contributed by atoms with E-state index in [-0.39, 0.29) is 63.9 Å². The van der Waals surface area contributed by atoms with Crippen LogP contribution >= 0.6 is 0 Å². The Bertz CT molecular complexity index is 1120. The van der Waals surface area contributed by atoms with Crippen molar-refractivity contribution in [3.63, 3.8) is 0 Å². The number of aliphatic hydroxyl groups is 1. The van der Waals surface area contributed by atoms with Crippen molar-refractivity contribution >= 4 is 23.8 Å². The van der Waals surface area contributed by atoms with Crippen molar-refractivity contribution in [3.05, 3.63) is 59.9 Å². The minimum Gasteiger partial charge on any atom is -0.488 e. The fourth-order valence-corrected chi connectivity index (χ4v) is 4.14. The van der Waals surface area contributed by atoms with E-state index in [9.17, 15) is 23.9 Å². The number of rotatable bonds is 8. The molecule has 2 fully saturated rings. The van der Waals surface area contributed by atoms with Crippen LogP contribution in [0.2, 0.25) is 0 Å². The SMILES string of the molecule is CC(=O)NC[C@H]1CN(c2ccc(OCC3(O)CCN(C(=O)OCc4ccccc4)CC3)c(F)c2)C(=O)O1. The van der Waals surface area contributed by atoms with Crippen LogP contribution in [0.3, 0.4) is 0 Å². The summed E-state index contributed by atoms with van der Waals surface area (Å²) in [6.45, 7) is 2.29. The summed E-state index contributed by atoms with van der Waals surface area (Å²) in [7, 11) is 0. The van der Waals surface area contributed by atoms with Crippen molar-refractivity contribution in [1.82, 2.24) is 10.2 Å². The molecule has 0 unspecified atom stereocenters. The number of amides is 3. The monoisotopic (exact) mass is 515 g/mol. The van der Waals surface area contributed by atoms with Crippen LogP contribution in [0.25, 0.3) is 0 Å². The van der Waals surface area contributed by atoms with Gasteiger partial charge in [0.2, 0.25) is 5.91 Å².